The molecule has 0 aromatic heterocycles. The van der Waals surface area contributed by atoms with Gasteiger partial charge >= 0.3 is 0 Å². The molecule has 1 aliphatic heterocycles. The molecule has 2 rings (SSSR count). The first kappa shape index (κ1) is 12.5. The van der Waals surface area contributed by atoms with Gasteiger partial charge in [-0.1, -0.05) is 29.8 Å². The fourth-order valence-electron chi connectivity index (χ4n) is 1.41. The molecular formula is C12H9BrN2O3. The van der Waals surface area contributed by atoms with Gasteiger partial charge in [0.15, 0.2) is 0 Å². The molecule has 6 heteroatoms. The van der Waals surface area contributed by atoms with Gasteiger partial charge in [0.05, 0.1) is 0 Å². The molecule has 5 nitrogen and oxygen atoms in total. The maximum absolute atomic E-state index is 12.1. The second-order valence-electron chi connectivity index (χ2n) is 3.72. The van der Waals surface area contributed by atoms with Crippen molar-refractivity contribution in [1.82, 2.24) is 5.32 Å². The summed E-state index contributed by atoms with van der Waals surface area (Å²) in [5, 5.41) is 9.30. The van der Waals surface area contributed by atoms with Gasteiger partial charge in [-0.15, -0.1) is 0 Å². The van der Waals surface area contributed by atoms with E-state index in [1.54, 1.807) is 24.3 Å². The van der Waals surface area contributed by atoms with Crippen LogP contribution < -0.4 is 5.32 Å². The molecule has 0 unspecified atom stereocenters. The summed E-state index contributed by atoms with van der Waals surface area (Å²) in [6.07, 6.45) is 0. The predicted octanol–water partition coefficient (Wildman–Crippen LogP) is 1.87. The van der Waals surface area contributed by atoms with Gasteiger partial charge in [-0.2, -0.15) is 0 Å². The van der Waals surface area contributed by atoms with Crippen LogP contribution in [0.25, 0.3) is 0 Å². The minimum absolute atomic E-state index is 0.00565. The lowest BCUT2D eigenvalue weighted by molar-refractivity contribution is -0.116. The lowest BCUT2D eigenvalue weighted by Crippen LogP contribution is -2.19. The van der Waals surface area contributed by atoms with E-state index in [2.05, 4.69) is 21.2 Å². The number of hydrogen-bond donors (Lipinski definition) is 2. The van der Waals surface area contributed by atoms with Crippen molar-refractivity contribution in [2.24, 2.45) is 0 Å². The van der Waals surface area contributed by atoms with Gasteiger partial charge in [0.2, 0.25) is 11.5 Å². The lowest BCUT2D eigenvalue weighted by atomic mass is 10.1. The van der Waals surface area contributed by atoms with Crippen LogP contribution in [-0.2, 0) is 9.53 Å². The highest BCUT2D eigenvalue weighted by molar-refractivity contribution is 9.12. The number of Topliss-reactive ketones (excluding diaryl/α,β-unsaturated/α-hetero) is 1. The molecule has 0 saturated carbocycles. The van der Waals surface area contributed by atoms with Crippen LogP contribution in [-0.4, -0.2) is 17.7 Å². The average Bonchev–Trinajstić information content (AvgIpc) is 2.67. The molecule has 1 aromatic rings. The zero-order valence-corrected chi connectivity index (χ0v) is 11.0. The van der Waals surface area contributed by atoms with Crippen molar-refractivity contribution in [3.05, 3.63) is 45.6 Å². The molecule has 18 heavy (non-hydrogen) atoms. The van der Waals surface area contributed by atoms with Crippen LogP contribution in [0.3, 0.4) is 0 Å². The number of carbonyl (C=O) groups is 2. The maximum atomic E-state index is 12.1. The van der Waals surface area contributed by atoms with Crippen LogP contribution in [0, 0.1) is 12.3 Å². The van der Waals surface area contributed by atoms with Gasteiger partial charge in [-0.3, -0.25) is 20.3 Å². The predicted molar refractivity (Wildman–Crippen MR) is 68.4 cm³/mol. The number of ether oxygens (including phenoxy) is 1. The van der Waals surface area contributed by atoms with Crippen LogP contribution in [0.1, 0.15) is 15.9 Å². The summed E-state index contributed by atoms with van der Waals surface area (Å²) in [5.41, 5.74) is 1.47. The minimum Gasteiger partial charge on any atom is -0.419 e. The van der Waals surface area contributed by atoms with Gasteiger partial charge in [0, 0.05) is 5.56 Å². The first-order chi connectivity index (χ1) is 8.49. The van der Waals surface area contributed by atoms with Gasteiger partial charge in [-0.25, -0.2) is 0 Å². The van der Waals surface area contributed by atoms with E-state index in [0.29, 0.717) is 5.56 Å². The van der Waals surface area contributed by atoms with E-state index in [-0.39, 0.29) is 22.0 Å². The van der Waals surface area contributed by atoms with Gasteiger partial charge in [0.25, 0.3) is 11.9 Å². The Balaban J connectivity index is 2.34. The summed E-state index contributed by atoms with van der Waals surface area (Å²) < 4.78 is 4.84. The Morgan fingerprint density at radius 2 is 1.94 bits per heavy atom. The molecule has 1 amide bonds. The van der Waals surface area contributed by atoms with Crippen LogP contribution in [0.2, 0.25) is 0 Å². The molecule has 1 aromatic carbocycles. The summed E-state index contributed by atoms with van der Waals surface area (Å²) in [6, 6.07) is 6.55. The maximum Gasteiger partial charge on any atom is 0.296 e. The SMILES string of the molecule is Cc1ccc(C(=O)C(Br)=C2OC(=N)NC2=O)cc1. The van der Waals surface area contributed by atoms with Crippen molar-refractivity contribution in [2.75, 3.05) is 0 Å². The van der Waals surface area contributed by atoms with E-state index in [4.69, 9.17) is 10.1 Å². The van der Waals surface area contributed by atoms with E-state index >= 15 is 0 Å². The first-order valence-electron chi connectivity index (χ1n) is 5.08. The molecule has 0 atom stereocenters. The van der Waals surface area contributed by atoms with Crippen LogP contribution in [0.15, 0.2) is 34.5 Å². The van der Waals surface area contributed by atoms with E-state index in [1.165, 1.54) is 0 Å². The molecule has 0 bridgehead atoms. The Hall–Kier alpha value is -1.95. The summed E-state index contributed by atoms with van der Waals surface area (Å²) in [4.78, 5) is 23.5. The lowest BCUT2D eigenvalue weighted by Gasteiger charge is -2.02. The molecule has 1 aliphatic rings. The third-order valence-electron chi connectivity index (χ3n) is 2.35. The van der Waals surface area contributed by atoms with Crippen LogP contribution in [0.4, 0.5) is 0 Å². The highest BCUT2D eigenvalue weighted by Crippen LogP contribution is 2.22. The number of ketones is 1. The summed E-state index contributed by atoms with van der Waals surface area (Å²) in [6.45, 7) is 1.91. The summed E-state index contributed by atoms with van der Waals surface area (Å²) >= 11 is 3.04. The zero-order valence-electron chi connectivity index (χ0n) is 9.41. The molecular weight excluding hydrogens is 300 g/mol. The number of allylic oxidation sites excluding steroid dienone is 1. The van der Waals surface area contributed by atoms with Crippen molar-refractivity contribution in [1.29, 1.82) is 5.41 Å². The zero-order chi connectivity index (χ0) is 13.3. The Bertz CT molecular complexity index is 575. The standard InChI is InChI=1S/C12H9BrN2O3/c1-6-2-4-7(5-3-6)9(16)8(13)10-11(17)15-12(14)18-10/h2-5H,1H3,(H2,14,15,17). The smallest absolute Gasteiger partial charge is 0.296 e. The molecule has 1 fully saturated rings. The van der Waals surface area contributed by atoms with E-state index < -0.39 is 5.91 Å². The quantitative estimate of drug-likeness (QED) is 0.646. The summed E-state index contributed by atoms with van der Waals surface area (Å²) in [7, 11) is 0. The number of benzene rings is 1. The summed E-state index contributed by atoms with van der Waals surface area (Å²) in [5.74, 6) is -1.16. The van der Waals surface area contributed by atoms with Crippen molar-refractivity contribution in [3.8, 4) is 0 Å². The molecule has 0 aliphatic carbocycles. The second kappa shape index (κ2) is 4.73. The first-order valence-corrected chi connectivity index (χ1v) is 5.87. The number of halogens is 1. The molecule has 0 radical (unpaired) electrons. The number of amidine groups is 1. The van der Waals surface area contributed by atoms with Crippen molar-refractivity contribution >= 4 is 33.6 Å². The number of nitrogens with one attached hydrogen (secondary N) is 2. The fourth-order valence-corrected chi connectivity index (χ4v) is 1.90. The third-order valence-corrected chi connectivity index (χ3v) is 3.07. The minimum atomic E-state index is -0.604. The monoisotopic (exact) mass is 308 g/mol. The number of carbonyl (C=O) groups excluding carboxylic acids is 2. The van der Waals surface area contributed by atoms with E-state index in [9.17, 15) is 9.59 Å². The fraction of sp³-hybridized carbons (Fsp3) is 0.0833. The van der Waals surface area contributed by atoms with Crippen molar-refractivity contribution in [2.45, 2.75) is 6.92 Å². The Morgan fingerprint density at radius 1 is 1.33 bits per heavy atom. The number of rotatable bonds is 2. The number of hydrogen-bond acceptors (Lipinski definition) is 4. The second-order valence-corrected chi connectivity index (χ2v) is 4.52. The largest absolute Gasteiger partial charge is 0.419 e. The molecule has 1 saturated heterocycles. The normalized spacial score (nSPS) is 17.2. The topological polar surface area (TPSA) is 79.2 Å². The van der Waals surface area contributed by atoms with Gasteiger partial charge in [0.1, 0.15) is 4.48 Å². The van der Waals surface area contributed by atoms with Crippen LogP contribution >= 0.6 is 15.9 Å². The number of aryl methyl sites for hydroxylation is 1. The van der Waals surface area contributed by atoms with Gasteiger partial charge in [-0.05, 0) is 22.9 Å². The highest BCUT2D eigenvalue weighted by Gasteiger charge is 2.29. The average molecular weight is 309 g/mol. The molecule has 2 N–H and O–H groups in total. The molecule has 1 heterocycles. The Kier molecular flexibility index (Phi) is 3.29. The third kappa shape index (κ3) is 2.33. The Morgan fingerprint density at radius 3 is 2.44 bits per heavy atom. The van der Waals surface area contributed by atoms with Crippen molar-refractivity contribution in [3.63, 3.8) is 0 Å². The van der Waals surface area contributed by atoms with Gasteiger partial charge < -0.3 is 4.74 Å². The number of amides is 1. The Labute approximate surface area is 111 Å². The van der Waals surface area contributed by atoms with Crippen molar-refractivity contribution < 1.29 is 14.3 Å². The molecule has 92 valence electrons. The van der Waals surface area contributed by atoms with E-state index in [1.807, 2.05) is 6.92 Å². The van der Waals surface area contributed by atoms with E-state index in [0.717, 1.165) is 5.56 Å². The molecule has 0 spiro atoms. The highest BCUT2D eigenvalue weighted by atomic mass is 79.9. The van der Waals surface area contributed by atoms with Crippen LogP contribution in [0.5, 0.6) is 0 Å².